The van der Waals surface area contributed by atoms with Gasteiger partial charge in [0, 0.05) is 13.5 Å². The van der Waals surface area contributed by atoms with Crippen molar-refractivity contribution in [1.82, 2.24) is 4.90 Å². The molecule has 0 aromatic carbocycles. The van der Waals surface area contributed by atoms with Crippen molar-refractivity contribution in [3.8, 4) is 0 Å². The first kappa shape index (κ1) is 11.2. The van der Waals surface area contributed by atoms with Gasteiger partial charge in [-0.05, 0) is 25.2 Å². The van der Waals surface area contributed by atoms with E-state index in [0.717, 1.165) is 13.0 Å². The number of rotatable bonds is 1. The first-order chi connectivity index (χ1) is 6.61. The number of hydrogen-bond donors (Lipinski definition) is 0. The van der Waals surface area contributed by atoms with Crippen LogP contribution < -0.4 is 0 Å². The quantitative estimate of drug-likeness (QED) is 0.638. The number of likely N-dealkylation sites (tertiary alicyclic amines) is 1. The van der Waals surface area contributed by atoms with Gasteiger partial charge in [-0.15, -0.1) is 0 Å². The van der Waals surface area contributed by atoms with Gasteiger partial charge in [-0.25, -0.2) is 0 Å². The Morgan fingerprint density at radius 2 is 1.79 bits per heavy atom. The Morgan fingerprint density at radius 1 is 1.21 bits per heavy atom. The van der Waals surface area contributed by atoms with Gasteiger partial charge in [0.1, 0.15) is 0 Å². The maximum absolute atomic E-state index is 11.2. The Hall–Kier alpha value is -0.860. The summed E-state index contributed by atoms with van der Waals surface area (Å²) in [5.74, 6) is 1.31. The molecule has 2 aliphatic rings. The van der Waals surface area contributed by atoms with Gasteiger partial charge in [0.05, 0.1) is 6.04 Å². The third-order valence-corrected chi connectivity index (χ3v) is 2.97. The van der Waals surface area contributed by atoms with Crippen LogP contribution in [0.1, 0.15) is 34.1 Å². The zero-order valence-corrected chi connectivity index (χ0v) is 9.41. The molecule has 0 aromatic rings. The molecule has 1 aliphatic heterocycles. The SMILES string of the molecule is CC.CC(=O)C1C2CC2CN1C(C)=O. The first-order valence-corrected chi connectivity index (χ1v) is 5.39. The number of amides is 1. The molecule has 1 saturated heterocycles. The number of ketones is 1. The number of piperidine rings is 1. The molecule has 3 heteroatoms. The summed E-state index contributed by atoms with van der Waals surface area (Å²) in [6.45, 7) is 7.94. The van der Waals surface area contributed by atoms with Gasteiger partial charge in [-0.1, -0.05) is 13.8 Å². The van der Waals surface area contributed by atoms with Crippen LogP contribution in [0.2, 0.25) is 0 Å². The van der Waals surface area contributed by atoms with E-state index in [1.807, 2.05) is 13.8 Å². The predicted molar refractivity (Wildman–Crippen MR) is 54.8 cm³/mol. The molecular weight excluding hydrogens is 178 g/mol. The molecule has 0 spiro atoms. The van der Waals surface area contributed by atoms with Crippen LogP contribution in [0.25, 0.3) is 0 Å². The second-order valence-corrected chi connectivity index (χ2v) is 3.89. The van der Waals surface area contributed by atoms with E-state index in [1.165, 1.54) is 0 Å². The fraction of sp³-hybridized carbons (Fsp3) is 0.818. The van der Waals surface area contributed by atoms with E-state index in [1.54, 1.807) is 18.7 Å². The van der Waals surface area contributed by atoms with E-state index < -0.39 is 0 Å². The monoisotopic (exact) mass is 197 g/mol. The summed E-state index contributed by atoms with van der Waals surface area (Å²) >= 11 is 0. The number of carbonyl (C=O) groups excluding carboxylic acids is 2. The topological polar surface area (TPSA) is 37.4 Å². The van der Waals surface area contributed by atoms with Gasteiger partial charge in [-0.2, -0.15) is 0 Å². The van der Waals surface area contributed by atoms with Crippen molar-refractivity contribution < 1.29 is 9.59 Å². The predicted octanol–water partition coefficient (Wildman–Crippen LogP) is 1.47. The zero-order valence-electron chi connectivity index (χ0n) is 9.41. The van der Waals surface area contributed by atoms with Crippen molar-refractivity contribution >= 4 is 11.7 Å². The third kappa shape index (κ3) is 1.81. The molecule has 1 saturated carbocycles. The molecule has 2 rings (SSSR count). The molecular formula is C11H19NO2. The summed E-state index contributed by atoms with van der Waals surface area (Å²) in [6, 6.07) is -0.0903. The number of nitrogens with zero attached hydrogens (tertiary/aromatic N) is 1. The highest BCUT2D eigenvalue weighted by Crippen LogP contribution is 2.49. The lowest BCUT2D eigenvalue weighted by Gasteiger charge is -2.23. The normalized spacial score (nSPS) is 32.9. The van der Waals surface area contributed by atoms with Crippen LogP contribution in [0.4, 0.5) is 0 Å². The molecule has 14 heavy (non-hydrogen) atoms. The molecule has 3 unspecified atom stereocenters. The highest BCUT2D eigenvalue weighted by molar-refractivity contribution is 5.88. The summed E-state index contributed by atoms with van der Waals surface area (Å²) in [7, 11) is 0. The highest BCUT2D eigenvalue weighted by Gasteiger charge is 2.54. The van der Waals surface area contributed by atoms with Crippen LogP contribution in [0.15, 0.2) is 0 Å². The van der Waals surface area contributed by atoms with E-state index in [9.17, 15) is 9.59 Å². The third-order valence-electron chi connectivity index (χ3n) is 2.97. The van der Waals surface area contributed by atoms with Crippen molar-refractivity contribution in [2.24, 2.45) is 11.8 Å². The minimum absolute atomic E-state index is 0.0439. The van der Waals surface area contributed by atoms with Gasteiger partial charge in [-0.3, -0.25) is 9.59 Å². The van der Waals surface area contributed by atoms with E-state index in [-0.39, 0.29) is 17.7 Å². The minimum atomic E-state index is -0.0903. The van der Waals surface area contributed by atoms with E-state index in [0.29, 0.717) is 11.8 Å². The lowest BCUT2D eigenvalue weighted by Crippen LogP contribution is -2.41. The molecule has 2 fully saturated rings. The van der Waals surface area contributed by atoms with Crippen LogP contribution in [0.5, 0.6) is 0 Å². The maximum atomic E-state index is 11.2. The number of carbonyl (C=O) groups is 2. The molecule has 0 N–H and O–H groups in total. The second-order valence-electron chi connectivity index (χ2n) is 3.89. The van der Waals surface area contributed by atoms with E-state index in [4.69, 9.17) is 0 Å². The smallest absolute Gasteiger partial charge is 0.220 e. The van der Waals surface area contributed by atoms with Gasteiger partial charge < -0.3 is 4.90 Å². The average molecular weight is 197 g/mol. The molecule has 3 nitrogen and oxygen atoms in total. The molecule has 1 amide bonds. The summed E-state index contributed by atoms with van der Waals surface area (Å²) in [4.78, 5) is 24.0. The molecule has 1 heterocycles. The molecule has 0 aromatic heterocycles. The largest absolute Gasteiger partial charge is 0.332 e. The average Bonchev–Trinajstić information content (AvgIpc) is 2.79. The second kappa shape index (κ2) is 4.11. The summed E-state index contributed by atoms with van der Waals surface area (Å²) in [5.41, 5.74) is 0. The van der Waals surface area contributed by atoms with E-state index in [2.05, 4.69) is 0 Å². The molecule has 0 bridgehead atoms. The van der Waals surface area contributed by atoms with Crippen molar-refractivity contribution in [2.75, 3.05) is 6.54 Å². The lowest BCUT2D eigenvalue weighted by atomic mass is 10.1. The first-order valence-electron chi connectivity index (χ1n) is 5.39. The van der Waals surface area contributed by atoms with Gasteiger partial charge in [0.15, 0.2) is 5.78 Å². The molecule has 3 atom stereocenters. The zero-order chi connectivity index (χ0) is 10.9. The van der Waals surface area contributed by atoms with Gasteiger partial charge >= 0.3 is 0 Å². The fourth-order valence-electron chi connectivity index (χ4n) is 2.31. The fourth-order valence-corrected chi connectivity index (χ4v) is 2.31. The van der Waals surface area contributed by atoms with Gasteiger partial charge in [0.2, 0.25) is 5.91 Å². The van der Waals surface area contributed by atoms with Crippen LogP contribution >= 0.6 is 0 Å². The standard InChI is InChI=1S/C9H13NO2.C2H6/c1-5(11)9-8-3-7(8)4-10(9)6(2)12;1-2/h7-9H,3-4H2,1-2H3;1-2H3. The van der Waals surface area contributed by atoms with Crippen molar-refractivity contribution in [2.45, 2.75) is 40.2 Å². The Morgan fingerprint density at radius 3 is 2.14 bits per heavy atom. The Balaban J connectivity index is 0.000000461. The number of hydrogen-bond acceptors (Lipinski definition) is 2. The van der Waals surface area contributed by atoms with Gasteiger partial charge in [0.25, 0.3) is 0 Å². The van der Waals surface area contributed by atoms with Crippen molar-refractivity contribution in [1.29, 1.82) is 0 Å². The van der Waals surface area contributed by atoms with Crippen LogP contribution in [0.3, 0.4) is 0 Å². The molecule has 0 radical (unpaired) electrons. The van der Waals surface area contributed by atoms with Crippen LogP contribution in [-0.2, 0) is 9.59 Å². The number of Topliss-reactive ketones (excluding diaryl/α,β-unsaturated/α-hetero) is 1. The Labute approximate surface area is 85.5 Å². The molecule has 1 aliphatic carbocycles. The van der Waals surface area contributed by atoms with Crippen LogP contribution in [0, 0.1) is 11.8 Å². The number of fused-ring (bicyclic) bond motifs is 1. The lowest BCUT2D eigenvalue weighted by molar-refractivity contribution is -0.136. The molecule has 80 valence electrons. The van der Waals surface area contributed by atoms with Crippen molar-refractivity contribution in [3.05, 3.63) is 0 Å². The van der Waals surface area contributed by atoms with Crippen molar-refractivity contribution in [3.63, 3.8) is 0 Å². The highest BCUT2D eigenvalue weighted by atomic mass is 16.2. The Bertz CT molecular complexity index is 250. The van der Waals surface area contributed by atoms with Crippen LogP contribution in [-0.4, -0.2) is 29.2 Å². The summed E-state index contributed by atoms with van der Waals surface area (Å²) in [6.07, 6.45) is 1.15. The maximum Gasteiger partial charge on any atom is 0.220 e. The minimum Gasteiger partial charge on any atom is -0.332 e. The van der Waals surface area contributed by atoms with E-state index >= 15 is 0 Å². The summed E-state index contributed by atoms with van der Waals surface area (Å²) in [5, 5.41) is 0. The Kier molecular flexibility index (Phi) is 3.29. The summed E-state index contributed by atoms with van der Waals surface area (Å²) < 4.78 is 0.